The minimum absolute atomic E-state index is 0.0121. The van der Waals surface area contributed by atoms with E-state index in [4.69, 9.17) is 5.73 Å². The van der Waals surface area contributed by atoms with Crippen LogP contribution in [0.1, 0.15) is 39.5 Å². The normalized spacial score (nSPS) is 23.9. The van der Waals surface area contributed by atoms with Gasteiger partial charge < -0.3 is 5.73 Å². The molecule has 1 saturated carbocycles. The number of nitrogens with two attached hydrogens (primary N) is 1. The van der Waals surface area contributed by atoms with Gasteiger partial charge in [0.25, 0.3) is 0 Å². The van der Waals surface area contributed by atoms with Gasteiger partial charge >= 0.3 is 0 Å². The summed E-state index contributed by atoms with van der Waals surface area (Å²) in [7, 11) is 0. The summed E-state index contributed by atoms with van der Waals surface area (Å²) in [6.45, 7) is 3.86. The van der Waals surface area contributed by atoms with E-state index in [2.05, 4.69) is 0 Å². The van der Waals surface area contributed by atoms with Crippen LogP contribution in [-0.4, -0.2) is 11.8 Å². The zero-order valence-corrected chi connectivity index (χ0v) is 8.05. The summed E-state index contributed by atoms with van der Waals surface area (Å²) in [6.07, 6.45) is 4.63. The van der Waals surface area contributed by atoms with Crippen LogP contribution in [-0.2, 0) is 4.79 Å². The molecule has 2 N–H and O–H groups in total. The summed E-state index contributed by atoms with van der Waals surface area (Å²) in [5, 5.41) is 0. The van der Waals surface area contributed by atoms with Crippen molar-refractivity contribution in [3.63, 3.8) is 0 Å². The van der Waals surface area contributed by atoms with Gasteiger partial charge in [-0.25, -0.2) is 0 Å². The fraction of sp³-hybridized carbons (Fsp3) is 0.900. The first kappa shape index (κ1) is 9.72. The molecular weight excluding hydrogens is 150 g/mol. The van der Waals surface area contributed by atoms with Crippen molar-refractivity contribution in [3.8, 4) is 0 Å². The number of carbonyl (C=O) groups excluding carboxylic acids is 1. The Morgan fingerprint density at radius 1 is 1.33 bits per heavy atom. The molecule has 2 atom stereocenters. The molecule has 0 spiro atoms. The highest BCUT2D eigenvalue weighted by Gasteiger charge is 2.28. The third kappa shape index (κ3) is 2.07. The maximum atomic E-state index is 11.7. The van der Waals surface area contributed by atoms with Crippen LogP contribution in [0.15, 0.2) is 0 Å². The molecule has 0 aromatic carbocycles. The van der Waals surface area contributed by atoms with E-state index in [0.29, 0.717) is 11.7 Å². The minimum atomic E-state index is 0.0121. The molecule has 2 heteroatoms. The quantitative estimate of drug-likeness (QED) is 0.699. The first-order valence-electron chi connectivity index (χ1n) is 4.92. The molecule has 1 fully saturated rings. The largest absolute Gasteiger partial charge is 0.327 e. The van der Waals surface area contributed by atoms with Crippen LogP contribution in [0.2, 0.25) is 0 Å². The van der Waals surface area contributed by atoms with Gasteiger partial charge in [-0.3, -0.25) is 4.79 Å². The van der Waals surface area contributed by atoms with Crippen molar-refractivity contribution in [1.82, 2.24) is 0 Å². The van der Waals surface area contributed by atoms with Crippen molar-refractivity contribution < 1.29 is 4.79 Å². The summed E-state index contributed by atoms with van der Waals surface area (Å²) in [5.74, 6) is 0.765. The van der Waals surface area contributed by atoms with Crippen molar-refractivity contribution in [2.75, 3.05) is 0 Å². The van der Waals surface area contributed by atoms with E-state index in [1.54, 1.807) is 0 Å². The second-order valence-electron chi connectivity index (χ2n) is 4.03. The molecule has 0 bridgehead atoms. The van der Waals surface area contributed by atoms with Gasteiger partial charge in [0, 0.05) is 17.9 Å². The molecule has 2 nitrogen and oxygen atoms in total. The number of Topliss-reactive ketones (excluding diaryl/α,β-unsaturated/α-hetero) is 1. The Balaban J connectivity index is 2.45. The second-order valence-corrected chi connectivity index (χ2v) is 4.03. The zero-order valence-electron chi connectivity index (χ0n) is 8.05. The summed E-state index contributed by atoms with van der Waals surface area (Å²) >= 11 is 0. The smallest absolute Gasteiger partial charge is 0.140 e. The number of rotatable bonds is 3. The van der Waals surface area contributed by atoms with Gasteiger partial charge in [-0.1, -0.05) is 19.8 Å². The Bertz CT molecular complexity index is 155. The van der Waals surface area contributed by atoms with Crippen molar-refractivity contribution >= 4 is 5.78 Å². The molecule has 2 unspecified atom stereocenters. The molecule has 0 heterocycles. The average molecular weight is 169 g/mol. The molecule has 12 heavy (non-hydrogen) atoms. The van der Waals surface area contributed by atoms with E-state index in [-0.39, 0.29) is 12.0 Å². The highest BCUT2D eigenvalue weighted by atomic mass is 16.1. The van der Waals surface area contributed by atoms with E-state index in [0.717, 1.165) is 12.8 Å². The monoisotopic (exact) mass is 169 g/mol. The van der Waals surface area contributed by atoms with Crippen LogP contribution in [0.5, 0.6) is 0 Å². The van der Waals surface area contributed by atoms with E-state index in [1.807, 2.05) is 13.8 Å². The van der Waals surface area contributed by atoms with Gasteiger partial charge in [-0.15, -0.1) is 0 Å². The Hall–Kier alpha value is -0.370. The number of carbonyl (C=O) groups is 1. The molecule has 0 aromatic heterocycles. The first-order valence-corrected chi connectivity index (χ1v) is 4.92. The minimum Gasteiger partial charge on any atom is -0.327 e. The lowest BCUT2D eigenvalue weighted by atomic mass is 9.89. The fourth-order valence-corrected chi connectivity index (χ4v) is 1.84. The van der Waals surface area contributed by atoms with Gasteiger partial charge in [0.2, 0.25) is 0 Å². The van der Waals surface area contributed by atoms with Gasteiger partial charge in [-0.05, 0) is 19.8 Å². The number of ketones is 1. The van der Waals surface area contributed by atoms with Crippen LogP contribution in [0, 0.1) is 11.8 Å². The van der Waals surface area contributed by atoms with Gasteiger partial charge in [0.1, 0.15) is 5.78 Å². The Morgan fingerprint density at radius 3 is 2.25 bits per heavy atom. The third-order valence-corrected chi connectivity index (χ3v) is 3.00. The van der Waals surface area contributed by atoms with Crippen LogP contribution < -0.4 is 5.73 Å². The van der Waals surface area contributed by atoms with Gasteiger partial charge in [-0.2, -0.15) is 0 Å². The van der Waals surface area contributed by atoms with Crippen molar-refractivity contribution in [1.29, 1.82) is 0 Å². The van der Waals surface area contributed by atoms with Crippen LogP contribution in [0.25, 0.3) is 0 Å². The molecule has 0 radical (unpaired) electrons. The molecule has 0 aromatic rings. The van der Waals surface area contributed by atoms with Crippen molar-refractivity contribution in [2.24, 2.45) is 17.6 Å². The molecule has 1 aliphatic rings. The number of hydrogen-bond acceptors (Lipinski definition) is 2. The zero-order chi connectivity index (χ0) is 9.14. The summed E-state index contributed by atoms with van der Waals surface area (Å²) in [6, 6.07) is 0.0121. The van der Waals surface area contributed by atoms with Crippen molar-refractivity contribution in [3.05, 3.63) is 0 Å². The molecule has 1 aliphatic carbocycles. The van der Waals surface area contributed by atoms with Crippen LogP contribution in [0.4, 0.5) is 0 Å². The van der Waals surface area contributed by atoms with Gasteiger partial charge in [0.15, 0.2) is 0 Å². The third-order valence-electron chi connectivity index (χ3n) is 3.00. The van der Waals surface area contributed by atoms with Crippen LogP contribution >= 0.6 is 0 Å². The molecule has 0 amide bonds. The lowest BCUT2D eigenvalue weighted by Crippen LogP contribution is -2.33. The predicted molar refractivity (Wildman–Crippen MR) is 49.8 cm³/mol. The summed E-state index contributed by atoms with van der Waals surface area (Å²) in [5.41, 5.74) is 5.68. The molecular formula is C10H19NO. The lowest BCUT2D eigenvalue weighted by Gasteiger charge is -2.17. The highest BCUT2D eigenvalue weighted by molar-refractivity contribution is 5.83. The lowest BCUT2D eigenvalue weighted by molar-refractivity contribution is -0.126. The highest BCUT2D eigenvalue weighted by Crippen LogP contribution is 2.28. The van der Waals surface area contributed by atoms with E-state index < -0.39 is 0 Å². The maximum Gasteiger partial charge on any atom is 0.140 e. The average Bonchev–Trinajstić information content (AvgIpc) is 2.53. The van der Waals surface area contributed by atoms with E-state index >= 15 is 0 Å². The van der Waals surface area contributed by atoms with Gasteiger partial charge in [0.05, 0.1) is 0 Å². The molecule has 0 aliphatic heterocycles. The van der Waals surface area contributed by atoms with Crippen molar-refractivity contribution in [2.45, 2.75) is 45.6 Å². The molecule has 0 saturated heterocycles. The van der Waals surface area contributed by atoms with E-state index in [1.165, 1.54) is 12.8 Å². The Labute approximate surface area is 74.5 Å². The SMILES string of the molecule is CC(N)C(C)C(=O)C1CCCC1. The summed E-state index contributed by atoms with van der Waals surface area (Å²) in [4.78, 5) is 11.7. The topological polar surface area (TPSA) is 43.1 Å². The molecule has 70 valence electrons. The predicted octanol–water partition coefficient (Wildman–Crippen LogP) is 1.73. The number of hydrogen-bond donors (Lipinski definition) is 1. The Kier molecular flexibility index (Phi) is 3.27. The van der Waals surface area contributed by atoms with E-state index in [9.17, 15) is 4.79 Å². The standard InChI is InChI=1S/C10H19NO/c1-7(8(2)11)10(12)9-5-3-4-6-9/h7-9H,3-6,11H2,1-2H3. The van der Waals surface area contributed by atoms with Crippen LogP contribution in [0.3, 0.4) is 0 Å². The maximum absolute atomic E-state index is 11.7. The second kappa shape index (κ2) is 4.04. The Morgan fingerprint density at radius 2 is 1.83 bits per heavy atom. The molecule has 1 rings (SSSR count). The fourth-order valence-electron chi connectivity index (χ4n) is 1.84. The first-order chi connectivity index (χ1) is 5.63. The summed E-state index contributed by atoms with van der Waals surface area (Å²) < 4.78 is 0.